The Hall–Kier alpha value is -0.300. The average molecular weight is 422 g/mol. The molecule has 1 atom stereocenters. The lowest BCUT2D eigenvalue weighted by Gasteiger charge is -2.28. The monoisotopic (exact) mass is 422 g/mol. The molecule has 0 aliphatic heterocycles. The van der Waals surface area contributed by atoms with Crippen LogP contribution in [0.2, 0.25) is 0 Å². The third-order valence-corrected chi connectivity index (χ3v) is 4.27. The third-order valence-electron chi connectivity index (χ3n) is 4.27. The maximum atomic E-state index is 4.41. The Labute approximate surface area is 154 Å². The second-order valence-electron chi connectivity index (χ2n) is 6.36. The number of halogens is 1. The quantitative estimate of drug-likeness (QED) is 0.193. The Morgan fingerprint density at radius 3 is 2.45 bits per heavy atom. The van der Waals surface area contributed by atoms with Gasteiger partial charge in [-0.2, -0.15) is 0 Å². The van der Waals surface area contributed by atoms with Gasteiger partial charge in [0.2, 0.25) is 0 Å². The van der Waals surface area contributed by atoms with Crippen LogP contribution in [0.4, 0.5) is 0 Å². The van der Waals surface area contributed by atoms with Gasteiger partial charge in [0.25, 0.3) is 0 Å². The summed E-state index contributed by atoms with van der Waals surface area (Å²) < 4.78 is 0. The van der Waals surface area contributed by atoms with Crippen LogP contribution in [0.25, 0.3) is 0 Å². The van der Waals surface area contributed by atoms with Crippen LogP contribution in [0.1, 0.15) is 38.5 Å². The lowest BCUT2D eigenvalue weighted by Crippen LogP contribution is -2.46. The van der Waals surface area contributed by atoms with Gasteiger partial charge >= 0.3 is 0 Å². The normalized spacial score (nSPS) is 16.1. The summed E-state index contributed by atoms with van der Waals surface area (Å²) in [6, 6.07) is 0.628. The van der Waals surface area contributed by atoms with E-state index >= 15 is 0 Å². The van der Waals surface area contributed by atoms with Crippen LogP contribution in [0, 0.1) is 5.92 Å². The SMILES string of the molecule is C=CCCCCCN(C)C(=NC)NCC(C1CC1)N(C)C.I. The lowest BCUT2D eigenvalue weighted by molar-refractivity contribution is 0.262. The van der Waals surface area contributed by atoms with Crippen LogP contribution in [0.3, 0.4) is 0 Å². The van der Waals surface area contributed by atoms with Gasteiger partial charge in [0, 0.05) is 33.2 Å². The minimum Gasteiger partial charge on any atom is -0.355 e. The molecular formula is C17H35IN4. The zero-order chi connectivity index (χ0) is 15.7. The van der Waals surface area contributed by atoms with E-state index in [1.807, 2.05) is 13.1 Å². The first-order valence-electron chi connectivity index (χ1n) is 8.29. The molecule has 1 aliphatic rings. The van der Waals surface area contributed by atoms with E-state index in [2.05, 4.69) is 47.8 Å². The lowest BCUT2D eigenvalue weighted by atomic mass is 10.1. The highest BCUT2D eigenvalue weighted by Gasteiger charge is 2.32. The van der Waals surface area contributed by atoms with Crippen molar-refractivity contribution in [3.05, 3.63) is 12.7 Å². The number of aliphatic imine (C=N–C) groups is 1. The molecule has 0 spiro atoms. The maximum absolute atomic E-state index is 4.41. The van der Waals surface area contributed by atoms with Gasteiger partial charge in [-0.3, -0.25) is 4.99 Å². The fourth-order valence-electron chi connectivity index (χ4n) is 2.75. The first kappa shape index (κ1) is 21.7. The van der Waals surface area contributed by atoms with Crippen molar-refractivity contribution >= 4 is 29.9 Å². The molecule has 5 heteroatoms. The van der Waals surface area contributed by atoms with Crippen molar-refractivity contribution in [2.45, 2.75) is 44.6 Å². The van der Waals surface area contributed by atoms with Gasteiger partial charge < -0.3 is 15.1 Å². The second kappa shape index (κ2) is 12.2. The Kier molecular flexibility index (Phi) is 12.0. The Morgan fingerprint density at radius 2 is 1.95 bits per heavy atom. The van der Waals surface area contributed by atoms with Crippen LogP contribution in [-0.2, 0) is 0 Å². The molecule has 1 fully saturated rings. The molecule has 0 aromatic carbocycles. The number of hydrogen-bond acceptors (Lipinski definition) is 2. The highest BCUT2D eigenvalue weighted by molar-refractivity contribution is 14.0. The molecule has 0 bridgehead atoms. The van der Waals surface area contributed by atoms with Crippen LogP contribution in [-0.4, -0.2) is 63.1 Å². The van der Waals surface area contributed by atoms with Crippen LogP contribution in [0.5, 0.6) is 0 Å². The summed E-state index contributed by atoms with van der Waals surface area (Å²) in [5, 5.41) is 3.54. The van der Waals surface area contributed by atoms with Crippen molar-refractivity contribution < 1.29 is 0 Å². The first-order chi connectivity index (χ1) is 10.1. The number of nitrogens with zero attached hydrogens (tertiary/aromatic N) is 3. The van der Waals surface area contributed by atoms with Gasteiger partial charge in [-0.05, 0) is 52.1 Å². The summed E-state index contributed by atoms with van der Waals surface area (Å²) in [7, 11) is 8.36. The zero-order valence-electron chi connectivity index (χ0n) is 14.8. The number of allylic oxidation sites excluding steroid dienone is 1. The number of unbranched alkanes of at least 4 members (excludes halogenated alkanes) is 3. The zero-order valence-corrected chi connectivity index (χ0v) is 17.2. The standard InChI is InChI=1S/C17H34N4.HI/c1-6-7-8-9-10-13-21(5)17(18-2)19-14-16(20(3)4)15-11-12-15;/h6,15-16H,1,7-14H2,2-5H3,(H,18,19);1H. The number of hydrogen-bond donors (Lipinski definition) is 1. The second-order valence-corrected chi connectivity index (χ2v) is 6.36. The van der Waals surface area contributed by atoms with Crippen LogP contribution < -0.4 is 5.32 Å². The summed E-state index contributed by atoms with van der Waals surface area (Å²) in [6.07, 6.45) is 9.60. The van der Waals surface area contributed by atoms with Gasteiger partial charge in [0.15, 0.2) is 5.96 Å². The van der Waals surface area contributed by atoms with Crippen LogP contribution >= 0.6 is 24.0 Å². The molecule has 0 saturated heterocycles. The summed E-state index contributed by atoms with van der Waals surface area (Å²) >= 11 is 0. The Bertz CT molecular complexity index is 325. The van der Waals surface area contributed by atoms with E-state index in [4.69, 9.17) is 0 Å². The molecule has 0 aromatic rings. The van der Waals surface area contributed by atoms with Gasteiger partial charge in [-0.25, -0.2) is 0 Å². The fourth-order valence-corrected chi connectivity index (χ4v) is 2.75. The van der Waals surface area contributed by atoms with Crippen molar-refractivity contribution in [2.24, 2.45) is 10.9 Å². The number of guanidine groups is 1. The Balaban J connectivity index is 0.00000441. The molecular weight excluding hydrogens is 387 g/mol. The largest absolute Gasteiger partial charge is 0.355 e. The van der Waals surface area contributed by atoms with Gasteiger partial charge in [-0.1, -0.05) is 12.5 Å². The molecule has 0 amide bonds. The minimum absolute atomic E-state index is 0. The van der Waals surface area contributed by atoms with E-state index in [1.54, 1.807) is 0 Å². The highest BCUT2D eigenvalue weighted by atomic mass is 127. The molecule has 4 nitrogen and oxygen atoms in total. The van der Waals surface area contributed by atoms with E-state index in [0.29, 0.717) is 6.04 Å². The summed E-state index contributed by atoms with van der Waals surface area (Å²) in [4.78, 5) is 8.99. The smallest absolute Gasteiger partial charge is 0.193 e. The molecule has 22 heavy (non-hydrogen) atoms. The topological polar surface area (TPSA) is 30.9 Å². The van der Waals surface area contributed by atoms with Crippen LogP contribution in [0.15, 0.2) is 17.6 Å². The maximum Gasteiger partial charge on any atom is 0.193 e. The van der Waals surface area contributed by atoms with Crippen molar-refractivity contribution in [3.63, 3.8) is 0 Å². The van der Waals surface area contributed by atoms with E-state index in [1.165, 1.54) is 32.1 Å². The summed E-state index contributed by atoms with van der Waals surface area (Å²) in [6.45, 7) is 5.82. The summed E-state index contributed by atoms with van der Waals surface area (Å²) in [5.74, 6) is 1.89. The number of rotatable bonds is 10. The van der Waals surface area contributed by atoms with Crippen molar-refractivity contribution in [1.82, 2.24) is 15.1 Å². The molecule has 1 rings (SSSR count). The molecule has 0 heterocycles. The highest BCUT2D eigenvalue weighted by Crippen LogP contribution is 2.34. The minimum atomic E-state index is 0. The van der Waals surface area contributed by atoms with Crippen molar-refractivity contribution in [1.29, 1.82) is 0 Å². The third kappa shape index (κ3) is 8.36. The molecule has 1 aliphatic carbocycles. The predicted octanol–water partition coefficient (Wildman–Crippen LogP) is 3.20. The Morgan fingerprint density at radius 1 is 1.27 bits per heavy atom. The van der Waals surface area contributed by atoms with Gasteiger partial charge in [0.1, 0.15) is 0 Å². The number of likely N-dealkylation sites (N-methyl/N-ethyl adjacent to an activating group) is 1. The molecule has 130 valence electrons. The van der Waals surface area contributed by atoms with Crippen molar-refractivity contribution in [3.8, 4) is 0 Å². The first-order valence-corrected chi connectivity index (χ1v) is 8.29. The fraction of sp³-hybridized carbons (Fsp3) is 0.824. The van der Waals surface area contributed by atoms with E-state index in [-0.39, 0.29) is 24.0 Å². The molecule has 0 aromatic heterocycles. The molecule has 1 saturated carbocycles. The predicted molar refractivity (Wildman–Crippen MR) is 108 cm³/mol. The molecule has 0 radical (unpaired) electrons. The summed E-state index contributed by atoms with van der Waals surface area (Å²) in [5.41, 5.74) is 0. The van der Waals surface area contributed by atoms with E-state index in [0.717, 1.165) is 31.4 Å². The molecule has 1 unspecified atom stereocenters. The van der Waals surface area contributed by atoms with Gasteiger partial charge in [-0.15, -0.1) is 30.6 Å². The van der Waals surface area contributed by atoms with Crippen molar-refractivity contribution in [2.75, 3.05) is 41.3 Å². The van der Waals surface area contributed by atoms with E-state index in [9.17, 15) is 0 Å². The average Bonchev–Trinajstić information content (AvgIpc) is 3.27. The van der Waals surface area contributed by atoms with E-state index < -0.39 is 0 Å². The number of nitrogens with one attached hydrogen (secondary N) is 1. The molecule has 1 N–H and O–H groups in total. The van der Waals surface area contributed by atoms with Gasteiger partial charge in [0.05, 0.1) is 0 Å².